The molecule has 0 N–H and O–H groups in total. The third-order valence-corrected chi connectivity index (χ3v) is 3.73. The number of carbonyl (C=O) groups excluding carboxylic acids is 1. The Morgan fingerprint density at radius 1 is 1.15 bits per heavy atom. The fourth-order valence-corrected chi connectivity index (χ4v) is 2.43. The zero-order chi connectivity index (χ0) is 14.8. The maximum absolute atomic E-state index is 11.8. The minimum atomic E-state index is -2.42. The van der Waals surface area contributed by atoms with Crippen LogP contribution in [0, 0.1) is 0 Å². The molecule has 1 aromatic carbocycles. The quantitative estimate of drug-likeness (QED) is 0.398. The molecule has 0 fully saturated rings. The predicted molar refractivity (Wildman–Crippen MR) is 77.3 cm³/mol. The molecule has 0 bridgehead atoms. The molecule has 1 atom stereocenters. The lowest BCUT2D eigenvalue weighted by molar-refractivity contribution is 0.0493. The molecule has 0 saturated carbocycles. The van der Waals surface area contributed by atoms with Gasteiger partial charge in [-0.05, 0) is 29.6 Å². The van der Waals surface area contributed by atoms with E-state index in [9.17, 15) is 13.6 Å². The molecule has 1 unspecified atom stereocenters. The lowest BCUT2D eigenvalue weighted by Gasteiger charge is -2.11. The topological polar surface area (TPSA) is 66.4 Å². The minimum Gasteiger partial charge on any atom is -0.768 e. The van der Waals surface area contributed by atoms with Crippen LogP contribution in [0.1, 0.15) is 55.8 Å². The minimum absolute atomic E-state index is 0.0135. The van der Waals surface area contributed by atoms with Crippen LogP contribution in [0.4, 0.5) is 0 Å². The summed E-state index contributed by atoms with van der Waals surface area (Å²) in [7, 11) is 0. The summed E-state index contributed by atoms with van der Waals surface area (Å²) in [6, 6.07) is 6.06. The summed E-state index contributed by atoms with van der Waals surface area (Å²) in [6.07, 6.45) is 6.65. The fraction of sp³-hybridized carbons (Fsp3) is 0.533. The Balaban J connectivity index is 2.35. The van der Waals surface area contributed by atoms with Crippen LogP contribution in [0.2, 0.25) is 0 Å². The molecule has 1 rings (SSSR count). The molecule has 0 aliphatic rings. The van der Waals surface area contributed by atoms with Gasteiger partial charge in [-0.15, -0.1) is 0 Å². The first kappa shape index (κ1) is 16.9. The highest BCUT2D eigenvalue weighted by Gasteiger charge is 2.12. The van der Waals surface area contributed by atoms with E-state index in [-0.39, 0.29) is 10.5 Å². The summed E-state index contributed by atoms with van der Waals surface area (Å²) in [4.78, 5) is 11.8. The average molecular weight is 297 g/mol. The molecule has 4 nitrogen and oxygen atoms in total. The first-order valence-electron chi connectivity index (χ1n) is 7.02. The Kier molecular flexibility index (Phi) is 8.14. The van der Waals surface area contributed by atoms with E-state index >= 15 is 0 Å². The largest absolute Gasteiger partial charge is 0.768 e. The second kappa shape index (κ2) is 9.66. The van der Waals surface area contributed by atoms with Crippen molar-refractivity contribution in [2.45, 2.75) is 50.3 Å². The van der Waals surface area contributed by atoms with Gasteiger partial charge in [0.25, 0.3) is 0 Å². The molecule has 1 aromatic rings. The van der Waals surface area contributed by atoms with E-state index in [1.165, 1.54) is 31.4 Å². The van der Waals surface area contributed by atoms with Gasteiger partial charge in [0.05, 0.1) is 12.2 Å². The molecule has 112 valence electrons. The maximum Gasteiger partial charge on any atom is 0.339 e. The van der Waals surface area contributed by atoms with Crippen LogP contribution < -0.4 is 0 Å². The summed E-state index contributed by atoms with van der Waals surface area (Å²) in [5.41, 5.74) is 0.104. The number of rotatable bonds is 9. The molecule has 0 aromatic heterocycles. The van der Waals surface area contributed by atoms with Crippen LogP contribution in [-0.2, 0) is 15.8 Å². The zero-order valence-electron chi connectivity index (χ0n) is 11.8. The Bertz CT molecular complexity index is 445. The van der Waals surface area contributed by atoms with Crippen molar-refractivity contribution < 1.29 is 18.3 Å². The van der Waals surface area contributed by atoms with Crippen LogP contribution in [0.5, 0.6) is 0 Å². The molecule has 0 saturated heterocycles. The van der Waals surface area contributed by atoms with Gasteiger partial charge in [-0.3, -0.25) is 4.21 Å². The molecular weight excluding hydrogens is 276 g/mol. The Labute approximate surface area is 122 Å². The van der Waals surface area contributed by atoms with Crippen LogP contribution in [-0.4, -0.2) is 21.3 Å². The molecule has 0 heterocycles. The monoisotopic (exact) mass is 297 g/mol. The first-order chi connectivity index (χ1) is 9.66. The summed E-state index contributed by atoms with van der Waals surface area (Å²) in [5.74, 6) is -0.571. The van der Waals surface area contributed by atoms with Gasteiger partial charge in [0.2, 0.25) is 0 Å². The van der Waals surface area contributed by atoms with E-state index in [4.69, 9.17) is 4.74 Å². The van der Waals surface area contributed by atoms with Gasteiger partial charge in [0, 0.05) is 4.90 Å². The van der Waals surface area contributed by atoms with Gasteiger partial charge in [-0.1, -0.05) is 51.2 Å². The smallest absolute Gasteiger partial charge is 0.339 e. The Hall–Kier alpha value is -1.20. The average Bonchev–Trinajstić information content (AvgIpc) is 2.46. The van der Waals surface area contributed by atoms with E-state index in [0.29, 0.717) is 6.61 Å². The molecule has 5 heteroatoms. The number of hydrogen-bond acceptors (Lipinski definition) is 4. The molecule has 0 aliphatic heterocycles. The van der Waals surface area contributed by atoms with Crippen LogP contribution in [0.25, 0.3) is 0 Å². The first-order valence-corrected chi connectivity index (χ1v) is 8.09. The van der Waals surface area contributed by atoms with Gasteiger partial charge in [-0.25, -0.2) is 4.79 Å². The second-order valence-electron chi connectivity index (χ2n) is 4.63. The number of esters is 1. The van der Waals surface area contributed by atoms with Gasteiger partial charge in [-0.2, -0.15) is 0 Å². The predicted octanol–water partition coefficient (Wildman–Crippen LogP) is 3.44. The second-order valence-corrected chi connectivity index (χ2v) is 5.54. The van der Waals surface area contributed by atoms with Crippen molar-refractivity contribution in [3.63, 3.8) is 0 Å². The number of hydrogen-bond donors (Lipinski definition) is 0. The van der Waals surface area contributed by atoms with E-state index in [2.05, 4.69) is 6.92 Å². The van der Waals surface area contributed by atoms with Crippen LogP contribution in [0.15, 0.2) is 29.2 Å². The zero-order valence-corrected chi connectivity index (χ0v) is 12.6. The lowest BCUT2D eigenvalue weighted by Crippen LogP contribution is -2.10. The fourth-order valence-electron chi connectivity index (χ4n) is 1.91. The summed E-state index contributed by atoms with van der Waals surface area (Å²) in [5, 5.41) is 0. The van der Waals surface area contributed by atoms with E-state index < -0.39 is 17.0 Å². The van der Waals surface area contributed by atoms with Crippen molar-refractivity contribution in [3.8, 4) is 0 Å². The van der Waals surface area contributed by atoms with Gasteiger partial charge >= 0.3 is 5.97 Å². The molecule has 0 radical (unpaired) electrons. The Morgan fingerprint density at radius 2 is 1.80 bits per heavy atom. The molecule has 0 spiro atoms. The Morgan fingerprint density at radius 3 is 2.50 bits per heavy atom. The summed E-state index contributed by atoms with van der Waals surface area (Å²) >= 11 is -2.42. The number of unbranched alkanes of at least 4 members (excludes halogenated alkanes) is 5. The third kappa shape index (κ3) is 5.84. The van der Waals surface area contributed by atoms with Crippen molar-refractivity contribution in [1.82, 2.24) is 0 Å². The maximum atomic E-state index is 11.8. The van der Waals surface area contributed by atoms with Crippen molar-refractivity contribution in [2.24, 2.45) is 0 Å². The number of ether oxygens (including phenoxy) is 1. The third-order valence-electron chi connectivity index (χ3n) is 3.02. The highest BCUT2D eigenvalue weighted by atomic mass is 32.2. The summed E-state index contributed by atoms with van der Waals surface area (Å²) < 4.78 is 27.1. The SMILES string of the molecule is CCCCCCCCOC(=O)c1ccccc1S(=O)[O-]. The molecule has 20 heavy (non-hydrogen) atoms. The van der Waals surface area contributed by atoms with Gasteiger partial charge in [0.15, 0.2) is 0 Å². The number of benzene rings is 1. The van der Waals surface area contributed by atoms with Gasteiger partial charge in [0.1, 0.15) is 0 Å². The van der Waals surface area contributed by atoms with Crippen LogP contribution in [0.3, 0.4) is 0 Å². The van der Waals surface area contributed by atoms with Crippen molar-refractivity contribution in [3.05, 3.63) is 29.8 Å². The highest BCUT2D eigenvalue weighted by molar-refractivity contribution is 7.79. The molecule has 0 amide bonds. The van der Waals surface area contributed by atoms with Crippen molar-refractivity contribution in [1.29, 1.82) is 0 Å². The van der Waals surface area contributed by atoms with Gasteiger partial charge < -0.3 is 9.29 Å². The summed E-state index contributed by atoms with van der Waals surface area (Å²) in [6.45, 7) is 2.50. The van der Waals surface area contributed by atoms with E-state index in [1.54, 1.807) is 12.1 Å². The van der Waals surface area contributed by atoms with Crippen molar-refractivity contribution >= 4 is 17.0 Å². The van der Waals surface area contributed by atoms with Crippen molar-refractivity contribution in [2.75, 3.05) is 6.61 Å². The molecule has 0 aliphatic carbocycles. The highest BCUT2D eigenvalue weighted by Crippen LogP contribution is 2.14. The lowest BCUT2D eigenvalue weighted by atomic mass is 10.1. The van der Waals surface area contributed by atoms with E-state index in [0.717, 1.165) is 19.3 Å². The number of carbonyl (C=O) groups is 1. The molecular formula is C15H21O4S-. The van der Waals surface area contributed by atoms with Crippen LogP contribution >= 0.6 is 0 Å². The standard InChI is InChI=1S/C15H22O4S/c1-2-3-4-5-6-9-12-19-15(16)13-10-7-8-11-14(13)20(17)18/h7-8,10-11H,2-6,9,12H2,1H3,(H,17,18)/p-1. The normalized spacial score (nSPS) is 12.1. The van der Waals surface area contributed by atoms with E-state index in [1.807, 2.05) is 0 Å².